The fraction of sp³-hybridized carbons (Fsp3) is 0.522. The summed E-state index contributed by atoms with van der Waals surface area (Å²) in [4.78, 5) is 25.8. The molecule has 33 heavy (non-hydrogen) atoms. The largest absolute Gasteiger partial charge is 0.486 e. The van der Waals surface area contributed by atoms with Crippen LogP contribution in [0.25, 0.3) is 0 Å². The van der Waals surface area contributed by atoms with E-state index >= 15 is 0 Å². The van der Waals surface area contributed by atoms with Gasteiger partial charge in [0.05, 0.1) is 23.3 Å². The zero-order valence-electron chi connectivity index (χ0n) is 19.4. The zero-order valence-corrected chi connectivity index (χ0v) is 20.2. The first-order valence-electron chi connectivity index (χ1n) is 11.0. The summed E-state index contributed by atoms with van der Waals surface area (Å²) < 4.78 is 34.4. The zero-order chi connectivity index (χ0) is 23.8. The fourth-order valence-corrected chi connectivity index (χ4v) is 4.78. The first kappa shape index (κ1) is 23.3. The average Bonchev–Trinajstić information content (AvgIpc) is 2.77. The normalized spacial score (nSPS) is 20.6. The van der Waals surface area contributed by atoms with Crippen molar-refractivity contribution in [2.45, 2.75) is 62.8 Å². The van der Waals surface area contributed by atoms with E-state index < -0.39 is 15.4 Å². The number of aromatic nitrogens is 2. The number of anilines is 1. The molecule has 3 aliphatic rings. The summed E-state index contributed by atoms with van der Waals surface area (Å²) in [5.74, 6) is 1.15. The number of hydrogen-bond acceptors (Lipinski definition) is 8. The topological polar surface area (TPSA) is 102 Å². The predicted octanol–water partition coefficient (Wildman–Crippen LogP) is 3.05. The van der Waals surface area contributed by atoms with Crippen LogP contribution in [0.15, 0.2) is 41.6 Å². The maximum atomic E-state index is 12.6. The number of hydrogen-bond donors (Lipinski definition) is 0. The third-order valence-electron chi connectivity index (χ3n) is 5.79. The van der Waals surface area contributed by atoms with Crippen LogP contribution in [0.2, 0.25) is 0 Å². The molecule has 9 nitrogen and oxygen atoms in total. The summed E-state index contributed by atoms with van der Waals surface area (Å²) in [5.41, 5.74) is 0.337. The van der Waals surface area contributed by atoms with E-state index in [1.165, 1.54) is 6.26 Å². The number of carbonyl (C=O) groups excluding carboxylic acids is 1. The van der Waals surface area contributed by atoms with Crippen molar-refractivity contribution in [3.63, 3.8) is 0 Å². The number of fused-ring (bicyclic) bond motifs is 3. The van der Waals surface area contributed by atoms with E-state index in [0.29, 0.717) is 24.8 Å². The molecule has 5 rings (SSSR count). The maximum Gasteiger partial charge on any atom is 0.410 e. The molecule has 4 heterocycles. The van der Waals surface area contributed by atoms with Crippen LogP contribution >= 0.6 is 0 Å². The van der Waals surface area contributed by atoms with Crippen molar-refractivity contribution in [3.05, 3.63) is 42.2 Å². The van der Waals surface area contributed by atoms with Gasteiger partial charge in [0.1, 0.15) is 12.2 Å². The Kier molecular flexibility index (Phi) is 6.22. The highest BCUT2D eigenvalue weighted by atomic mass is 32.2. The molecule has 2 bridgehead atoms. The second-order valence-electron chi connectivity index (χ2n) is 9.59. The van der Waals surface area contributed by atoms with E-state index in [-0.39, 0.29) is 29.7 Å². The van der Waals surface area contributed by atoms with Gasteiger partial charge in [-0.25, -0.2) is 23.2 Å². The average molecular weight is 475 g/mol. The molecule has 0 aliphatic carbocycles. The van der Waals surface area contributed by atoms with E-state index in [2.05, 4.69) is 14.9 Å². The fourth-order valence-electron chi connectivity index (χ4n) is 4.15. The maximum absolute atomic E-state index is 12.6. The highest BCUT2D eigenvalue weighted by molar-refractivity contribution is 7.90. The monoisotopic (exact) mass is 474 g/mol. The van der Waals surface area contributed by atoms with Crippen LogP contribution < -0.4 is 9.64 Å². The first-order valence-corrected chi connectivity index (χ1v) is 12.9. The van der Waals surface area contributed by atoms with Crippen LogP contribution in [0.3, 0.4) is 0 Å². The molecule has 0 saturated carbocycles. The van der Waals surface area contributed by atoms with Gasteiger partial charge in [-0.3, -0.25) is 0 Å². The van der Waals surface area contributed by atoms with Crippen LogP contribution in [0, 0.1) is 0 Å². The smallest absolute Gasteiger partial charge is 0.410 e. The Labute approximate surface area is 194 Å². The van der Waals surface area contributed by atoms with Gasteiger partial charge in [-0.2, -0.15) is 0 Å². The Bertz CT molecular complexity index is 1100. The molecule has 1 aromatic carbocycles. The minimum absolute atomic E-state index is 0.0827. The van der Waals surface area contributed by atoms with Crippen molar-refractivity contribution in [3.8, 4) is 5.75 Å². The highest BCUT2D eigenvalue weighted by Gasteiger charge is 2.43. The lowest BCUT2D eigenvalue weighted by Crippen LogP contribution is -2.64. The molecule has 0 radical (unpaired) electrons. The Morgan fingerprint density at radius 2 is 1.70 bits per heavy atom. The third kappa shape index (κ3) is 5.55. The van der Waals surface area contributed by atoms with Crippen LogP contribution in [0.4, 0.5) is 10.7 Å². The number of benzene rings is 1. The number of carbonyl (C=O) groups is 1. The second-order valence-corrected chi connectivity index (χ2v) is 11.6. The number of nitrogens with zero attached hydrogens (tertiary/aromatic N) is 4. The Morgan fingerprint density at radius 1 is 1.06 bits per heavy atom. The van der Waals surface area contributed by atoms with Gasteiger partial charge in [0.25, 0.3) is 0 Å². The summed E-state index contributed by atoms with van der Waals surface area (Å²) in [6.45, 7) is 7.19. The first-order chi connectivity index (χ1) is 15.5. The molecule has 2 aromatic rings. The van der Waals surface area contributed by atoms with Gasteiger partial charge in [0.2, 0.25) is 5.95 Å². The molecule has 0 unspecified atom stereocenters. The molecule has 10 heteroatoms. The molecule has 1 aromatic heterocycles. The molecule has 3 fully saturated rings. The minimum Gasteiger partial charge on any atom is -0.486 e. The van der Waals surface area contributed by atoms with E-state index in [1.807, 2.05) is 25.7 Å². The molecule has 0 spiro atoms. The van der Waals surface area contributed by atoms with Gasteiger partial charge in [-0.1, -0.05) is 12.1 Å². The SMILES string of the molecule is CC(C)(C)OC(=O)N1C[C@@H]2CC[C@H]1CN2c1ncc(OCc2ccc(S(C)(=O)=O)cc2)cn1. The molecule has 3 aliphatic heterocycles. The summed E-state index contributed by atoms with van der Waals surface area (Å²) in [7, 11) is -3.22. The second kappa shape index (κ2) is 8.81. The van der Waals surface area contributed by atoms with Crippen molar-refractivity contribution in [1.29, 1.82) is 0 Å². The summed E-state index contributed by atoms with van der Waals surface area (Å²) in [6, 6.07) is 6.83. The Morgan fingerprint density at radius 3 is 2.24 bits per heavy atom. The van der Waals surface area contributed by atoms with Gasteiger partial charge >= 0.3 is 6.09 Å². The van der Waals surface area contributed by atoms with E-state index in [9.17, 15) is 13.2 Å². The number of sulfone groups is 1. The third-order valence-corrected chi connectivity index (χ3v) is 6.91. The minimum atomic E-state index is -3.22. The van der Waals surface area contributed by atoms with Crippen molar-refractivity contribution >= 4 is 21.9 Å². The van der Waals surface area contributed by atoms with E-state index in [1.54, 1.807) is 36.7 Å². The lowest BCUT2D eigenvalue weighted by Gasteiger charge is -2.51. The number of ether oxygens (including phenoxy) is 2. The van der Waals surface area contributed by atoms with E-state index in [0.717, 1.165) is 18.4 Å². The van der Waals surface area contributed by atoms with E-state index in [4.69, 9.17) is 9.47 Å². The Hall–Kier alpha value is -2.88. The lowest BCUT2D eigenvalue weighted by atomic mass is 9.91. The van der Waals surface area contributed by atoms with Crippen molar-refractivity contribution in [2.24, 2.45) is 0 Å². The van der Waals surface area contributed by atoms with Crippen molar-refractivity contribution in [2.75, 3.05) is 24.2 Å². The van der Waals surface area contributed by atoms with Crippen molar-refractivity contribution < 1.29 is 22.7 Å². The van der Waals surface area contributed by atoms with Crippen molar-refractivity contribution in [1.82, 2.24) is 14.9 Å². The number of amides is 1. The molecule has 3 saturated heterocycles. The molecule has 1 amide bonds. The van der Waals surface area contributed by atoms with Crippen LogP contribution in [0.5, 0.6) is 5.75 Å². The van der Waals surface area contributed by atoms with Crippen LogP contribution in [-0.4, -0.2) is 66.4 Å². The quantitative estimate of drug-likeness (QED) is 0.652. The standard InChI is InChI=1S/C23H30N4O5S/c1-23(2,3)32-22(28)27-14-17-7-8-18(27)13-26(17)21-24-11-19(12-25-21)31-15-16-5-9-20(10-6-16)33(4,29)30/h5-6,9-12,17-18H,7-8,13-15H2,1-4H3/t17-,18-/m0/s1. The van der Waals surface area contributed by atoms with Gasteiger partial charge in [0.15, 0.2) is 15.6 Å². The van der Waals surface area contributed by atoms with Crippen LogP contribution in [-0.2, 0) is 21.2 Å². The summed E-state index contributed by atoms with van der Waals surface area (Å²) >= 11 is 0. The molecular weight excluding hydrogens is 444 g/mol. The number of piperazine rings is 1. The predicted molar refractivity (Wildman–Crippen MR) is 123 cm³/mol. The van der Waals surface area contributed by atoms with Gasteiger partial charge < -0.3 is 19.3 Å². The number of rotatable bonds is 5. The van der Waals surface area contributed by atoms with Gasteiger partial charge in [0, 0.05) is 25.4 Å². The van der Waals surface area contributed by atoms with Gasteiger partial charge in [-0.05, 0) is 51.3 Å². The lowest BCUT2D eigenvalue weighted by molar-refractivity contribution is 0.000672. The molecule has 0 N–H and O–H groups in total. The Balaban J connectivity index is 1.35. The molecule has 2 atom stereocenters. The number of piperidine rings is 2. The summed E-state index contributed by atoms with van der Waals surface area (Å²) in [5, 5.41) is 0. The summed E-state index contributed by atoms with van der Waals surface area (Å²) in [6.07, 6.45) is 6.13. The van der Waals surface area contributed by atoms with Gasteiger partial charge in [-0.15, -0.1) is 0 Å². The van der Waals surface area contributed by atoms with Crippen LogP contribution in [0.1, 0.15) is 39.2 Å². The molecule has 178 valence electrons. The molecular formula is C23H30N4O5S. The highest BCUT2D eigenvalue weighted by Crippen LogP contribution is 2.32.